The molecule has 0 bridgehead atoms. The lowest BCUT2D eigenvalue weighted by molar-refractivity contribution is -0.386. The van der Waals surface area contributed by atoms with Gasteiger partial charge in [0, 0.05) is 12.1 Å². The zero-order valence-corrected chi connectivity index (χ0v) is 19.4. The van der Waals surface area contributed by atoms with Crippen molar-refractivity contribution in [1.82, 2.24) is 4.90 Å². The average molecular weight is 519 g/mol. The minimum atomic E-state index is -0.971. The van der Waals surface area contributed by atoms with Gasteiger partial charge in [-0.15, -0.1) is 0 Å². The van der Waals surface area contributed by atoms with Crippen LogP contribution < -0.4 is 0 Å². The van der Waals surface area contributed by atoms with Crippen LogP contribution in [0.1, 0.15) is 42.2 Å². The van der Waals surface area contributed by atoms with Gasteiger partial charge in [-0.3, -0.25) is 39.5 Å². The molecule has 13 nitrogen and oxygen atoms in total. The van der Waals surface area contributed by atoms with Gasteiger partial charge in [0.15, 0.2) is 0 Å². The van der Waals surface area contributed by atoms with E-state index >= 15 is 0 Å². The molecule has 0 spiro atoms. The van der Waals surface area contributed by atoms with Crippen molar-refractivity contribution in [3.05, 3.63) is 115 Å². The van der Waals surface area contributed by atoms with Crippen LogP contribution in [0, 0.1) is 20.2 Å². The number of carbonyl (C=O) groups is 4. The maximum absolute atomic E-state index is 12.8. The molecule has 0 aliphatic carbocycles. The Kier molecular flexibility index (Phi) is 7.19. The van der Waals surface area contributed by atoms with E-state index in [4.69, 9.17) is 9.47 Å². The van der Waals surface area contributed by atoms with Gasteiger partial charge in [0.2, 0.25) is 0 Å². The molecule has 13 heteroatoms. The highest BCUT2D eigenvalue weighted by molar-refractivity contribution is 6.22. The summed E-state index contributed by atoms with van der Waals surface area (Å²) < 4.78 is 10.2. The molecule has 1 aliphatic heterocycles. The van der Waals surface area contributed by atoms with Gasteiger partial charge in [-0.25, -0.2) is 4.79 Å². The van der Waals surface area contributed by atoms with Crippen LogP contribution in [-0.2, 0) is 27.5 Å². The summed E-state index contributed by atoms with van der Waals surface area (Å²) >= 11 is 0. The fourth-order valence-corrected chi connectivity index (χ4v) is 3.74. The highest BCUT2D eigenvalue weighted by Crippen LogP contribution is 2.25. The molecule has 192 valence electrons. The molecule has 1 heterocycles. The van der Waals surface area contributed by atoms with Crippen LogP contribution in [0.4, 0.5) is 11.4 Å². The number of nitro groups is 2. The summed E-state index contributed by atoms with van der Waals surface area (Å²) in [4.78, 5) is 71.9. The molecule has 0 fully saturated rings. The van der Waals surface area contributed by atoms with Crippen molar-refractivity contribution in [3.8, 4) is 0 Å². The number of benzene rings is 3. The molecule has 0 saturated heterocycles. The first-order valence-corrected chi connectivity index (χ1v) is 10.9. The Balaban J connectivity index is 1.41. The van der Waals surface area contributed by atoms with Gasteiger partial charge in [0.25, 0.3) is 23.2 Å². The second-order valence-corrected chi connectivity index (χ2v) is 7.97. The number of nitro benzene ring substituents is 2. The minimum absolute atomic E-state index is 0.0447. The molecule has 38 heavy (non-hydrogen) atoms. The van der Waals surface area contributed by atoms with Crippen LogP contribution in [0.5, 0.6) is 0 Å². The molecule has 4 rings (SSSR count). The zero-order valence-electron chi connectivity index (χ0n) is 19.4. The summed E-state index contributed by atoms with van der Waals surface area (Å²) in [6, 6.07) is 15.0. The molecule has 0 unspecified atom stereocenters. The smallest absolute Gasteiger partial charge is 0.338 e. The number of carbonyl (C=O) groups excluding carboxylic acids is 4. The zero-order chi connectivity index (χ0) is 27.4. The predicted octanol–water partition coefficient (Wildman–Crippen LogP) is 3.20. The van der Waals surface area contributed by atoms with Gasteiger partial charge < -0.3 is 9.47 Å². The normalized spacial score (nSPS) is 12.2. The number of hydrogen-bond acceptors (Lipinski definition) is 10. The van der Waals surface area contributed by atoms with E-state index in [-0.39, 0.29) is 39.2 Å². The Morgan fingerprint density at radius 3 is 1.84 bits per heavy atom. The Bertz CT molecular complexity index is 1500. The number of amides is 2. The van der Waals surface area contributed by atoms with Crippen LogP contribution in [0.15, 0.2) is 66.7 Å². The third-order valence-corrected chi connectivity index (χ3v) is 5.62. The van der Waals surface area contributed by atoms with E-state index in [1.807, 2.05) is 0 Å². The number of nitrogens with zero attached hydrogens (tertiary/aromatic N) is 3. The standard InChI is InChI=1S/C25H17N3O10/c29-22(37-13-16-5-1-3-7-20(16)27(33)34)12-26-23(30)18-10-9-15(11-19(18)24(26)31)25(32)38-14-17-6-2-4-8-21(17)28(35)36/h1-11H,12-14H2. The van der Waals surface area contributed by atoms with E-state index in [1.165, 1.54) is 54.6 Å². The van der Waals surface area contributed by atoms with Crippen molar-refractivity contribution < 1.29 is 38.5 Å². The first-order valence-electron chi connectivity index (χ1n) is 10.9. The average Bonchev–Trinajstić information content (AvgIpc) is 3.14. The van der Waals surface area contributed by atoms with E-state index < -0.39 is 53.4 Å². The number of imide groups is 1. The molecule has 0 radical (unpaired) electrons. The molecular formula is C25H17N3O10. The molecule has 0 N–H and O–H groups in total. The third kappa shape index (κ3) is 5.21. The lowest BCUT2D eigenvalue weighted by atomic mass is 10.1. The number of esters is 2. The highest BCUT2D eigenvalue weighted by atomic mass is 16.6. The summed E-state index contributed by atoms with van der Waals surface area (Å²) in [5.74, 6) is -3.48. The van der Waals surface area contributed by atoms with E-state index in [1.54, 1.807) is 6.07 Å². The Morgan fingerprint density at radius 1 is 0.737 bits per heavy atom. The van der Waals surface area contributed by atoms with E-state index in [0.29, 0.717) is 4.90 Å². The fourth-order valence-electron chi connectivity index (χ4n) is 3.74. The lowest BCUT2D eigenvalue weighted by Crippen LogP contribution is -2.35. The Hall–Kier alpha value is -5.46. The van der Waals surface area contributed by atoms with E-state index in [0.717, 1.165) is 6.07 Å². The highest BCUT2D eigenvalue weighted by Gasteiger charge is 2.37. The molecule has 1 aliphatic rings. The summed E-state index contributed by atoms with van der Waals surface area (Å²) in [6.45, 7) is -1.57. The second-order valence-electron chi connectivity index (χ2n) is 7.97. The Morgan fingerprint density at radius 2 is 1.26 bits per heavy atom. The van der Waals surface area contributed by atoms with Gasteiger partial charge in [-0.1, -0.05) is 24.3 Å². The van der Waals surface area contributed by atoms with Crippen LogP contribution in [-0.4, -0.2) is 45.0 Å². The fraction of sp³-hybridized carbons (Fsp3) is 0.120. The summed E-state index contributed by atoms with van der Waals surface area (Å²) in [6.07, 6.45) is 0. The molecule has 3 aromatic rings. The van der Waals surface area contributed by atoms with Gasteiger partial charge in [-0.2, -0.15) is 0 Å². The van der Waals surface area contributed by atoms with Crippen molar-refractivity contribution in [2.75, 3.05) is 6.54 Å². The van der Waals surface area contributed by atoms with Crippen LogP contribution >= 0.6 is 0 Å². The third-order valence-electron chi connectivity index (χ3n) is 5.62. The second kappa shape index (κ2) is 10.7. The molecule has 3 aromatic carbocycles. The predicted molar refractivity (Wildman–Crippen MR) is 127 cm³/mol. The monoisotopic (exact) mass is 519 g/mol. The first kappa shape index (κ1) is 25.6. The molecule has 0 aromatic heterocycles. The summed E-state index contributed by atoms with van der Waals surface area (Å²) in [5.41, 5.74) is -0.426. The van der Waals surface area contributed by atoms with Crippen LogP contribution in [0.25, 0.3) is 0 Å². The van der Waals surface area contributed by atoms with Gasteiger partial charge in [0.1, 0.15) is 19.8 Å². The number of hydrogen-bond donors (Lipinski definition) is 0. The van der Waals surface area contributed by atoms with E-state index in [2.05, 4.69) is 0 Å². The van der Waals surface area contributed by atoms with Gasteiger partial charge in [0.05, 0.1) is 37.7 Å². The number of rotatable bonds is 9. The number of para-hydroxylation sites is 2. The molecule has 2 amide bonds. The maximum atomic E-state index is 12.8. The summed E-state index contributed by atoms with van der Waals surface area (Å²) in [5, 5.41) is 22.2. The van der Waals surface area contributed by atoms with Crippen molar-refractivity contribution in [2.24, 2.45) is 0 Å². The molecular weight excluding hydrogens is 502 g/mol. The quantitative estimate of drug-likeness (QED) is 0.176. The summed E-state index contributed by atoms with van der Waals surface area (Å²) in [7, 11) is 0. The first-order chi connectivity index (χ1) is 18.2. The van der Waals surface area contributed by atoms with Crippen molar-refractivity contribution >= 4 is 35.1 Å². The van der Waals surface area contributed by atoms with Crippen LogP contribution in [0.3, 0.4) is 0 Å². The largest absolute Gasteiger partial charge is 0.459 e. The Labute approximate surface area is 213 Å². The lowest BCUT2D eigenvalue weighted by Gasteiger charge is -2.13. The van der Waals surface area contributed by atoms with E-state index in [9.17, 15) is 39.4 Å². The van der Waals surface area contributed by atoms with Gasteiger partial charge >= 0.3 is 11.9 Å². The molecule has 0 saturated carbocycles. The van der Waals surface area contributed by atoms with Crippen molar-refractivity contribution in [2.45, 2.75) is 13.2 Å². The topological polar surface area (TPSA) is 176 Å². The maximum Gasteiger partial charge on any atom is 0.338 e. The van der Waals surface area contributed by atoms with Crippen molar-refractivity contribution in [1.29, 1.82) is 0 Å². The SMILES string of the molecule is O=C(CN1C(=O)c2ccc(C(=O)OCc3ccccc3[N+](=O)[O-])cc2C1=O)OCc1ccccc1[N+](=O)[O-]. The number of ether oxygens (including phenoxy) is 2. The minimum Gasteiger partial charge on any atom is -0.459 e. The van der Waals surface area contributed by atoms with Crippen molar-refractivity contribution in [3.63, 3.8) is 0 Å². The van der Waals surface area contributed by atoms with Crippen LogP contribution in [0.2, 0.25) is 0 Å². The number of fused-ring (bicyclic) bond motifs is 1. The van der Waals surface area contributed by atoms with Gasteiger partial charge in [-0.05, 0) is 30.3 Å². The molecule has 0 atom stereocenters.